The zero-order chi connectivity index (χ0) is 12.5. The first-order chi connectivity index (χ1) is 8.22. The Morgan fingerprint density at radius 3 is 2.65 bits per heavy atom. The number of anilines is 1. The average molecular weight is 235 g/mol. The van der Waals surface area contributed by atoms with Crippen molar-refractivity contribution in [2.24, 2.45) is 5.73 Å². The smallest absolute Gasteiger partial charge is 0.119 e. The van der Waals surface area contributed by atoms with Crippen molar-refractivity contribution in [1.82, 2.24) is 0 Å². The summed E-state index contributed by atoms with van der Waals surface area (Å²) in [4.78, 5) is 0. The number of amidine groups is 1. The van der Waals surface area contributed by atoms with Crippen LogP contribution in [-0.4, -0.2) is 19.0 Å². The summed E-state index contributed by atoms with van der Waals surface area (Å²) >= 11 is 0. The molecule has 0 heterocycles. The maximum Gasteiger partial charge on any atom is 0.119 e. The van der Waals surface area contributed by atoms with Gasteiger partial charge in [-0.2, -0.15) is 0 Å². The number of nitrogens with one attached hydrogen (secondary N) is 2. The predicted octanol–water partition coefficient (Wildman–Crippen LogP) is 2.60. The molecule has 94 valence electrons. The molecule has 0 bridgehead atoms. The van der Waals surface area contributed by atoms with Crippen molar-refractivity contribution in [3.8, 4) is 5.75 Å². The molecule has 1 aromatic carbocycles. The fourth-order valence-corrected chi connectivity index (χ4v) is 1.34. The minimum absolute atomic E-state index is 0.206. The molecular formula is C13H21N3O. The third-order valence-electron chi connectivity index (χ3n) is 2.34. The van der Waals surface area contributed by atoms with Gasteiger partial charge in [0.05, 0.1) is 12.4 Å². The lowest BCUT2D eigenvalue weighted by molar-refractivity contribution is 0.309. The zero-order valence-electron chi connectivity index (χ0n) is 10.3. The van der Waals surface area contributed by atoms with E-state index in [0.717, 1.165) is 30.9 Å². The van der Waals surface area contributed by atoms with Crippen LogP contribution in [0, 0.1) is 5.41 Å². The molecule has 0 aliphatic carbocycles. The van der Waals surface area contributed by atoms with Crippen molar-refractivity contribution < 1.29 is 4.74 Å². The van der Waals surface area contributed by atoms with E-state index in [1.54, 1.807) is 0 Å². The van der Waals surface area contributed by atoms with Gasteiger partial charge in [0, 0.05) is 18.7 Å². The summed E-state index contributed by atoms with van der Waals surface area (Å²) in [5, 5.41) is 10.3. The normalized spacial score (nSPS) is 9.94. The minimum Gasteiger partial charge on any atom is -0.494 e. The Bertz CT molecular complexity index is 335. The van der Waals surface area contributed by atoms with Crippen LogP contribution < -0.4 is 15.8 Å². The molecule has 0 amide bonds. The van der Waals surface area contributed by atoms with Crippen LogP contribution in [0.25, 0.3) is 0 Å². The number of hydrogen-bond donors (Lipinski definition) is 3. The number of hydrogen-bond acceptors (Lipinski definition) is 3. The Hall–Kier alpha value is -1.71. The maximum atomic E-state index is 7.11. The van der Waals surface area contributed by atoms with Gasteiger partial charge in [0.2, 0.25) is 0 Å². The van der Waals surface area contributed by atoms with Crippen LogP contribution in [0.5, 0.6) is 5.75 Å². The fourth-order valence-electron chi connectivity index (χ4n) is 1.34. The van der Waals surface area contributed by atoms with E-state index in [-0.39, 0.29) is 5.84 Å². The monoisotopic (exact) mass is 235 g/mol. The van der Waals surface area contributed by atoms with E-state index < -0.39 is 0 Å². The van der Waals surface area contributed by atoms with Gasteiger partial charge in [0.15, 0.2) is 0 Å². The molecule has 1 rings (SSSR count). The van der Waals surface area contributed by atoms with Crippen molar-refractivity contribution in [2.45, 2.75) is 26.2 Å². The molecule has 0 aliphatic rings. The zero-order valence-corrected chi connectivity index (χ0v) is 10.3. The van der Waals surface area contributed by atoms with Crippen molar-refractivity contribution in [3.63, 3.8) is 0 Å². The van der Waals surface area contributed by atoms with Crippen molar-refractivity contribution in [2.75, 3.05) is 18.5 Å². The van der Waals surface area contributed by atoms with Crippen molar-refractivity contribution in [1.29, 1.82) is 5.41 Å². The molecule has 4 heteroatoms. The number of rotatable bonds is 8. The van der Waals surface area contributed by atoms with Crippen LogP contribution in [-0.2, 0) is 0 Å². The molecule has 0 aromatic heterocycles. The van der Waals surface area contributed by atoms with E-state index in [1.807, 2.05) is 24.3 Å². The molecule has 4 N–H and O–H groups in total. The lowest BCUT2D eigenvalue weighted by atomic mass is 10.3. The summed E-state index contributed by atoms with van der Waals surface area (Å²) in [6.07, 6.45) is 2.79. The number of nitrogens with two attached hydrogens (primary N) is 1. The van der Waals surface area contributed by atoms with Gasteiger partial charge in [-0.3, -0.25) is 5.41 Å². The second-order valence-electron chi connectivity index (χ2n) is 3.93. The molecule has 0 spiro atoms. The Balaban J connectivity index is 2.31. The summed E-state index contributed by atoms with van der Waals surface area (Å²) in [6.45, 7) is 3.60. The summed E-state index contributed by atoms with van der Waals surface area (Å²) in [7, 11) is 0. The van der Waals surface area contributed by atoms with Gasteiger partial charge in [-0.05, 0) is 30.7 Å². The van der Waals surface area contributed by atoms with Crippen LogP contribution >= 0.6 is 0 Å². The third kappa shape index (κ3) is 5.80. The molecule has 4 nitrogen and oxygen atoms in total. The molecule has 0 saturated carbocycles. The number of benzene rings is 1. The van der Waals surface area contributed by atoms with Gasteiger partial charge in [-0.1, -0.05) is 13.3 Å². The summed E-state index contributed by atoms with van der Waals surface area (Å²) in [6, 6.07) is 7.85. The van der Waals surface area contributed by atoms with Crippen molar-refractivity contribution >= 4 is 11.5 Å². The van der Waals surface area contributed by atoms with E-state index in [9.17, 15) is 0 Å². The lowest BCUT2D eigenvalue weighted by Crippen LogP contribution is -2.15. The Morgan fingerprint density at radius 1 is 1.35 bits per heavy atom. The molecule has 0 fully saturated rings. The largest absolute Gasteiger partial charge is 0.494 e. The van der Waals surface area contributed by atoms with E-state index >= 15 is 0 Å². The highest BCUT2D eigenvalue weighted by Gasteiger charge is 1.95. The first-order valence-corrected chi connectivity index (χ1v) is 6.02. The quantitative estimate of drug-likeness (QED) is 0.368. The van der Waals surface area contributed by atoms with Gasteiger partial charge in [0.1, 0.15) is 5.75 Å². The Labute approximate surface area is 103 Å². The van der Waals surface area contributed by atoms with Gasteiger partial charge in [-0.15, -0.1) is 0 Å². The SMILES string of the molecule is CCCCOc1ccc(NCCC(=N)N)cc1. The van der Waals surface area contributed by atoms with E-state index in [0.29, 0.717) is 13.0 Å². The fraction of sp³-hybridized carbons (Fsp3) is 0.462. The van der Waals surface area contributed by atoms with Crippen LogP contribution in [0.4, 0.5) is 5.69 Å². The van der Waals surface area contributed by atoms with Crippen LogP contribution in [0.3, 0.4) is 0 Å². The number of unbranched alkanes of at least 4 members (excludes halogenated alkanes) is 1. The maximum absolute atomic E-state index is 7.11. The van der Waals surface area contributed by atoms with Crippen LogP contribution in [0.1, 0.15) is 26.2 Å². The Kier molecular flexibility index (Phi) is 5.93. The van der Waals surface area contributed by atoms with Gasteiger partial charge in [0.25, 0.3) is 0 Å². The summed E-state index contributed by atoms with van der Waals surface area (Å²) < 4.78 is 5.56. The molecule has 17 heavy (non-hydrogen) atoms. The first-order valence-electron chi connectivity index (χ1n) is 6.02. The topological polar surface area (TPSA) is 71.1 Å². The second-order valence-corrected chi connectivity index (χ2v) is 3.93. The van der Waals surface area contributed by atoms with E-state index in [2.05, 4.69) is 12.2 Å². The standard InChI is InChI=1S/C13H21N3O/c1-2-3-10-17-12-6-4-11(5-7-12)16-9-8-13(14)15/h4-7,16H,2-3,8-10H2,1H3,(H3,14,15). The van der Waals surface area contributed by atoms with Gasteiger partial charge in [-0.25, -0.2) is 0 Å². The molecule has 0 saturated heterocycles. The molecular weight excluding hydrogens is 214 g/mol. The molecule has 0 aliphatic heterocycles. The molecule has 1 aromatic rings. The van der Waals surface area contributed by atoms with Gasteiger partial charge < -0.3 is 15.8 Å². The minimum atomic E-state index is 0.206. The predicted molar refractivity (Wildman–Crippen MR) is 71.9 cm³/mol. The van der Waals surface area contributed by atoms with Crippen molar-refractivity contribution in [3.05, 3.63) is 24.3 Å². The molecule has 0 radical (unpaired) electrons. The lowest BCUT2D eigenvalue weighted by Gasteiger charge is -2.08. The number of ether oxygens (including phenoxy) is 1. The second kappa shape index (κ2) is 7.54. The Morgan fingerprint density at radius 2 is 2.06 bits per heavy atom. The molecule has 0 atom stereocenters. The van der Waals surface area contributed by atoms with E-state index in [1.165, 1.54) is 0 Å². The highest BCUT2D eigenvalue weighted by molar-refractivity contribution is 5.77. The average Bonchev–Trinajstić information content (AvgIpc) is 2.31. The van der Waals surface area contributed by atoms with Gasteiger partial charge >= 0.3 is 0 Å². The summed E-state index contributed by atoms with van der Waals surface area (Å²) in [5.41, 5.74) is 6.29. The highest BCUT2D eigenvalue weighted by Crippen LogP contribution is 2.15. The van der Waals surface area contributed by atoms with Crippen LogP contribution in [0.2, 0.25) is 0 Å². The third-order valence-corrected chi connectivity index (χ3v) is 2.34. The summed E-state index contributed by atoms with van der Waals surface area (Å²) in [5.74, 6) is 1.10. The highest BCUT2D eigenvalue weighted by atomic mass is 16.5. The van der Waals surface area contributed by atoms with E-state index in [4.69, 9.17) is 15.9 Å². The van der Waals surface area contributed by atoms with Crippen LogP contribution in [0.15, 0.2) is 24.3 Å². The molecule has 0 unspecified atom stereocenters. The first kappa shape index (κ1) is 13.4.